The molecule has 1 aromatic carbocycles. The van der Waals surface area contributed by atoms with E-state index in [9.17, 15) is 14.9 Å². The molecule has 0 spiro atoms. The smallest absolute Gasteiger partial charge is 0.269 e. The third-order valence-corrected chi connectivity index (χ3v) is 3.36. The Morgan fingerprint density at radius 1 is 1.60 bits per heavy atom. The van der Waals surface area contributed by atoms with Crippen LogP contribution in [0.2, 0.25) is 0 Å². The van der Waals surface area contributed by atoms with Crippen molar-refractivity contribution in [2.75, 3.05) is 20.2 Å². The topological polar surface area (TPSA) is 111 Å². The maximum atomic E-state index is 11.9. The van der Waals surface area contributed by atoms with Crippen molar-refractivity contribution in [2.45, 2.75) is 12.1 Å². The summed E-state index contributed by atoms with van der Waals surface area (Å²) in [6, 6.07) is 5.35. The molecular formula is C12H16N4O4. The number of amides is 1. The van der Waals surface area contributed by atoms with Crippen molar-refractivity contribution >= 4 is 11.6 Å². The van der Waals surface area contributed by atoms with Crippen molar-refractivity contribution in [1.82, 2.24) is 10.3 Å². The number of carbonyl (C=O) groups is 1. The van der Waals surface area contributed by atoms with Gasteiger partial charge < -0.3 is 4.74 Å². The molecule has 0 aromatic heterocycles. The van der Waals surface area contributed by atoms with E-state index in [-0.39, 0.29) is 11.8 Å². The first kappa shape index (κ1) is 14.4. The summed E-state index contributed by atoms with van der Waals surface area (Å²) in [6.07, 6.45) is 0.0711. The van der Waals surface area contributed by atoms with Gasteiger partial charge in [0.05, 0.1) is 11.0 Å². The number of nitro benzene ring substituents is 1. The number of nitrogens with two attached hydrogens (primary N) is 1. The van der Waals surface area contributed by atoms with Crippen LogP contribution in [0.4, 0.5) is 5.69 Å². The molecule has 1 heterocycles. The van der Waals surface area contributed by atoms with E-state index in [1.165, 1.54) is 12.1 Å². The number of benzene rings is 1. The van der Waals surface area contributed by atoms with Gasteiger partial charge in [-0.05, 0) is 5.56 Å². The zero-order valence-corrected chi connectivity index (χ0v) is 11.0. The van der Waals surface area contributed by atoms with Crippen LogP contribution in [0.15, 0.2) is 24.3 Å². The molecule has 0 aliphatic carbocycles. The highest BCUT2D eigenvalue weighted by Crippen LogP contribution is 2.29. The summed E-state index contributed by atoms with van der Waals surface area (Å²) in [7, 11) is 1.60. The van der Waals surface area contributed by atoms with E-state index in [1.54, 1.807) is 19.2 Å². The van der Waals surface area contributed by atoms with Crippen LogP contribution in [0.1, 0.15) is 11.6 Å². The maximum absolute atomic E-state index is 11.9. The number of nitrogens with zero attached hydrogens (tertiary/aromatic N) is 2. The van der Waals surface area contributed by atoms with Crippen molar-refractivity contribution in [1.29, 1.82) is 0 Å². The van der Waals surface area contributed by atoms with Gasteiger partial charge in [-0.2, -0.15) is 0 Å². The minimum absolute atomic E-state index is 0.0545. The third kappa shape index (κ3) is 2.77. The molecule has 1 aliphatic heterocycles. The summed E-state index contributed by atoms with van der Waals surface area (Å²) in [5, 5.41) is 10.8. The van der Waals surface area contributed by atoms with Gasteiger partial charge in [-0.1, -0.05) is 12.1 Å². The molecule has 8 nitrogen and oxygen atoms in total. The van der Waals surface area contributed by atoms with E-state index in [2.05, 4.69) is 5.43 Å². The first-order valence-electron chi connectivity index (χ1n) is 6.08. The van der Waals surface area contributed by atoms with E-state index in [0.29, 0.717) is 18.7 Å². The first-order chi connectivity index (χ1) is 9.56. The van der Waals surface area contributed by atoms with Gasteiger partial charge in [0.15, 0.2) is 0 Å². The molecule has 1 aliphatic rings. The molecule has 2 rings (SSSR count). The molecule has 1 unspecified atom stereocenters. The zero-order valence-electron chi connectivity index (χ0n) is 11.0. The molecule has 1 atom stereocenters. The minimum atomic E-state index is -0.647. The summed E-state index contributed by atoms with van der Waals surface area (Å²) in [5.74, 6) is 4.80. The summed E-state index contributed by atoms with van der Waals surface area (Å²) in [5.41, 5.74) is 2.59. The summed E-state index contributed by atoms with van der Waals surface area (Å²) in [6.45, 7) is 1.16. The van der Waals surface area contributed by atoms with Crippen molar-refractivity contribution in [2.24, 2.45) is 5.84 Å². The highest BCUT2D eigenvalue weighted by molar-refractivity contribution is 5.83. The van der Waals surface area contributed by atoms with E-state index in [1.807, 2.05) is 4.90 Å². The molecule has 1 fully saturated rings. The lowest BCUT2D eigenvalue weighted by molar-refractivity contribution is -0.384. The van der Waals surface area contributed by atoms with Crippen molar-refractivity contribution < 1.29 is 14.5 Å². The SMILES string of the molecule is COC1CN(C(C(=O)NN)c2cccc([N+](=O)[O-])c2)C1. The second kappa shape index (κ2) is 5.95. The Bertz CT molecular complexity index is 516. The second-order valence-corrected chi connectivity index (χ2v) is 4.57. The summed E-state index contributed by atoms with van der Waals surface area (Å²) in [4.78, 5) is 24.1. The number of non-ortho nitro benzene ring substituents is 1. The van der Waals surface area contributed by atoms with Crippen LogP contribution < -0.4 is 11.3 Å². The van der Waals surface area contributed by atoms with E-state index >= 15 is 0 Å². The molecule has 0 bridgehead atoms. The normalized spacial score (nSPS) is 17.3. The summed E-state index contributed by atoms with van der Waals surface area (Å²) < 4.78 is 5.16. The van der Waals surface area contributed by atoms with E-state index in [0.717, 1.165) is 0 Å². The zero-order chi connectivity index (χ0) is 14.7. The second-order valence-electron chi connectivity index (χ2n) is 4.57. The van der Waals surface area contributed by atoms with Gasteiger partial charge in [0.25, 0.3) is 11.6 Å². The molecule has 3 N–H and O–H groups in total. The largest absolute Gasteiger partial charge is 0.379 e. The molecule has 108 valence electrons. The number of hydrogen-bond acceptors (Lipinski definition) is 6. The maximum Gasteiger partial charge on any atom is 0.269 e. The van der Waals surface area contributed by atoms with Gasteiger partial charge in [0, 0.05) is 32.3 Å². The number of rotatable bonds is 5. The van der Waals surface area contributed by atoms with E-state index in [4.69, 9.17) is 10.6 Å². The number of methoxy groups -OCH3 is 1. The summed E-state index contributed by atoms with van der Waals surface area (Å²) >= 11 is 0. The highest BCUT2D eigenvalue weighted by atomic mass is 16.6. The van der Waals surface area contributed by atoms with Gasteiger partial charge in [-0.25, -0.2) is 5.84 Å². The molecule has 1 aromatic rings. The average molecular weight is 280 g/mol. The molecule has 1 saturated heterocycles. The third-order valence-electron chi connectivity index (χ3n) is 3.36. The molecule has 0 saturated carbocycles. The molecule has 0 radical (unpaired) electrons. The van der Waals surface area contributed by atoms with Crippen LogP contribution in [0.5, 0.6) is 0 Å². The predicted octanol–water partition coefficient (Wildman–Crippen LogP) is -0.0436. The fraction of sp³-hybridized carbons (Fsp3) is 0.417. The quantitative estimate of drug-likeness (QED) is 0.339. The molecule has 8 heteroatoms. The van der Waals surface area contributed by atoms with Crippen LogP contribution in [0.25, 0.3) is 0 Å². The lowest BCUT2D eigenvalue weighted by Gasteiger charge is -2.42. The number of hydrazine groups is 1. The van der Waals surface area contributed by atoms with Crippen LogP contribution in [-0.4, -0.2) is 42.0 Å². The van der Waals surface area contributed by atoms with Crippen LogP contribution in [0, 0.1) is 10.1 Å². The van der Waals surface area contributed by atoms with Crippen LogP contribution in [-0.2, 0) is 9.53 Å². The van der Waals surface area contributed by atoms with Gasteiger partial charge in [-0.15, -0.1) is 0 Å². The van der Waals surface area contributed by atoms with Gasteiger partial charge in [0.2, 0.25) is 0 Å². The van der Waals surface area contributed by atoms with E-state index < -0.39 is 16.9 Å². The Hall–Kier alpha value is -2.03. The minimum Gasteiger partial charge on any atom is -0.379 e. The first-order valence-corrected chi connectivity index (χ1v) is 6.08. The Labute approximate surface area is 115 Å². The Balaban J connectivity index is 2.25. The Kier molecular flexibility index (Phi) is 4.28. The van der Waals surface area contributed by atoms with Gasteiger partial charge in [-0.3, -0.25) is 25.2 Å². The van der Waals surface area contributed by atoms with Crippen LogP contribution in [0.3, 0.4) is 0 Å². The number of carbonyl (C=O) groups excluding carboxylic acids is 1. The highest BCUT2D eigenvalue weighted by Gasteiger charge is 2.37. The molecular weight excluding hydrogens is 264 g/mol. The number of nitrogens with one attached hydrogen (secondary N) is 1. The number of ether oxygens (including phenoxy) is 1. The van der Waals surface area contributed by atoms with Crippen molar-refractivity contribution in [3.05, 3.63) is 39.9 Å². The number of nitro groups is 1. The number of likely N-dealkylation sites (tertiary alicyclic amines) is 1. The van der Waals surface area contributed by atoms with Crippen LogP contribution >= 0.6 is 0 Å². The van der Waals surface area contributed by atoms with Crippen molar-refractivity contribution in [3.8, 4) is 0 Å². The fourth-order valence-corrected chi connectivity index (χ4v) is 2.24. The fourth-order valence-electron chi connectivity index (χ4n) is 2.24. The average Bonchev–Trinajstić information content (AvgIpc) is 2.41. The van der Waals surface area contributed by atoms with Gasteiger partial charge >= 0.3 is 0 Å². The Morgan fingerprint density at radius 3 is 2.85 bits per heavy atom. The monoisotopic (exact) mass is 280 g/mol. The number of hydrogen-bond donors (Lipinski definition) is 2. The van der Waals surface area contributed by atoms with Gasteiger partial charge in [0.1, 0.15) is 6.04 Å². The predicted molar refractivity (Wildman–Crippen MR) is 70.5 cm³/mol. The van der Waals surface area contributed by atoms with Crippen molar-refractivity contribution in [3.63, 3.8) is 0 Å². The standard InChI is InChI=1S/C12H16N4O4/c1-20-10-6-15(7-10)11(12(17)14-13)8-3-2-4-9(5-8)16(18)19/h2-5,10-11H,6-7,13H2,1H3,(H,14,17). The lowest BCUT2D eigenvalue weighted by atomic mass is 9.99. The Morgan fingerprint density at radius 2 is 2.30 bits per heavy atom. The lowest BCUT2D eigenvalue weighted by Crippen LogP contribution is -2.56. The molecule has 1 amide bonds. The molecule has 20 heavy (non-hydrogen) atoms.